The number of aliphatic hydroxyl groups is 1. The van der Waals surface area contributed by atoms with Crippen LogP contribution in [0.2, 0.25) is 0 Å². The molecular formula is C42H86O3. The first-order chi connectivity index (χ1) is 22.2. The van der Waals surface area contributed by atoms with Crippen LogP contribution in [0.3, 0.4) is 0 Å². The van der Waals surface area contributed by atoms with Crippen LogP contribution in [0.25, 0.3) is 0 Å². The van der Waals surface area contributed by atoms with Gasteiger partial charge in [0.2, 0.25) is 0 Å². The molecule has 1 N–H and O–H groups in total. The van der Waals surface area contributed by atoms with Crippen molar-refractivity contribution in [3.8, 4) is 0 Å². The fraction of sp³-hybridized carbons (Fsp3) is 0.976. The van der Waals surface area contributed by atoms with Gasteiger partial charge in [0.05, 0.1) is 6.61 Å². The lowest BCUT2D eigenvalue weighted by Gasteiger charge is -2.05. The second kappa shape index (κ2) is 45.6. The predicted octanol–water partition coefficient (Wildman–Crippen LogP) is 14.6. The van der Waals surface area contributed by atoms with Crippen molar-refractivity contribution in [2.24, 2.45) is 0 Å². The van der Waals surface area contributed by atoms with Gasteiger partial charge >= 0.3 is 5.97 Å². The van der Waals surface area contributed by atoms with Crippen LogP contribution in [0, 0.1) is 0 Å². The van der Waals surface area contributed by atoms with Gasteiger partial charge in [-0.1, -0.05) is 226 Å². The largest absolute Gasteiger partial charge is 0.466 e. The molecule has 0 bridgehead atoms. The van der Waals surface area contributed by atoms with Crippen molar-refractivity contribution in [1.82, 2.24) is 0 Å². The van der Waals surface area contributed by atoms with E-state index >= 15 is 0 Å². The van der Waals surface area contributed by atoms with E-state index < -0.39 is 0 Å². The Morgan fingerprint density at radius 3 is 0.889 bits per heavy atom. The average Bonchev–Trinajstić information content (AvgIpc) is 3.05. The topological polar surface area (TPSA) is 46.5 Å². The van der Waals surface area contributed by atoms with Crippen LogP contribution in [0.1, 0.15) is 252 Å². The van der Waals surface area contributed by atoms with E-state index in [-0.39, 0.29) is 5.97 Å². The molecular weight excluding hydrogens is 552 g/mol. The van der Waals surface area contributed by atoms with Gasteiger partial charge in [-0.25, -0.2) is 0 Å². The lowest BCUT2D eigenvalue weighted by Crippen LogP contribution is -2.05. The van der Waals surface area contributed by atoms with Crippen molar-refractivity contribution in [3.05, 3.63) is 0 Å². The maximum absolute atomic E-state index is 11.6. The molecule has 0 aromatic rings. The molecule has 0 unspecified atom stereocenters. The van der Waals surface area contributed by atoms with Crippen LogP contribution in [0.15, 0.2) is 0 Å². The predicted molar refractivity (Wildman–Crippen MR) is 201 cm³/mol. The fourth-order valence-electron chi connectivity index (χ4n) is 6.09. The van der Waals surface area contributed by atoms with Crippen LogP contribution in [0.4, 0.5) is 0 Å². The van der Waals surface area contributed by atoms with Gasteiger partial charge in [0.25, 0.3) is 0 Å². The Kier molecular flexibility index (Phi) is 47.1. The normalized spacial score (nSPS) is 11.0. The Labute approximate surface area is 285 Å². The second-order valence-electron chi connectivity index (χ2n) is 14.0. The lowest BCUT2D eigenvalue weighted by atomic mass is 10.0. The third-order valence-electron chi connectivity index (χ3n) is 9.26. The first-order valence-electron chi connectivity index (χ1n) is 21.0. The minimum Gasteiger partial charge on any atom is -0.466 e. The van der Waals surface area contributed by atoms with Gasteiger partial charge in [-0.15, -0.1) is 0 Å². The molecule has 3 nitrogen and oxygen atoms in total. The molecule has 0 heterocycles. The number of rotatable bonds is 37. The summed E-state index contributed by atoms with van der Waals surface area (Å²) in [6.07, 6.45) is 47.8. The summed E-state index contributed by atoms with van der Waals surface area (Å²) in [7, 11) is 0. The maximum Gasteiger partial charge on any atom is 0.305 e. The Bertz CT molecular complexity index is 492. The van der Waals surface area contributed by atoms with Crippen molar-refractivity contribution in [2.45, 2.75) is 252 Å². The average molecular weight is 639 g/mol. The molecule has 0 radical (unpaired) electrons. The van der Waals surface area contributed by atoms with E-state index in [1.165, 1.54) is 205 Å². The summed E-state index contributed by atoms with van der Waals surface area (Å²) >= 11 is 0. The smallest absolute Gasteiger partial charge is 0.305 e. The molecule has 0 rings (SSSR count). The summed E-state index contributed by atoms with van der Waals surface area (Å²) in [6.45, 7) is 7.78. The van der Waals surface area contributed by atoms with Crippen LogP contribution < -0.4 is 0 Å². The Morgan fingerprint density at radius 2 is 0.600 bits per heavy atom. The molecule has 3 heteroatoms. The monoisotopic (exact) mass is 639 g/mol. The molecule has 0 aliphatic heterocycles. The minimum absolute atomic E-state index is 0.0115. The van der Waals surface area contributed by atoms with E-state index in [9.17, 15) is 4.79 Å². The quantitative estimate of drug-likeness (QED) is 0.0544. The number of esters is 1. The number of carbonyl (C=O) groups excluding carboxylic acids is 1. The number of aliphatic hydroxyl groups excluding tert-OH is 1. The SMILES string of the molecule is CCCCCCCCCCCCCCCCCCOC(=O)CCCCCCC.CCCCCCCCCCCCCCCCO. The summed E-state index contributed by atoms with van der Waals surface area (Å²) in [5, 5.41) is 8.64. The molecule has 0 aliphatic carbocycles. The van der Waals surface area contributed by atoms with Gasteiger partial charge in [0.15, 0.2) is 0 Å². The molecule has 0 atom stereocenters. The van der Waals surface area contributed by atoms with Crippen molar-refractivity contribution in [3.63, 3.8) is 0 Å². The van der Waals surface area contributed by atoms with E-state index in [1.807, 2.05) is 0 Å². The van der Waals surface area contributed by atoms with Gasteiger partial charge in [-0.05, 0) is 19.3 Å². The van der Waals surface area contributed by atoms with Gasteiger partial charge < -0.3 is 9.84 Å². The zero-order chi connectivity index (χ0) is 33.2. The van der Waals surface area contributed by atoms with Gasteiger partial charge in [-0.2, -0.15) is 0 Å². The summed E-state index contributed by atoms with van der Waals surface area (Å²) in [4.78, 5) is 11.6. The zero-order valence-corrected chi connectivity index (χ0v) is 31.6. The third-order valence-corrected chi connectivity index (χ3v) is 9.26. The summed E-state index contributed by atoms with van der Waals surface area (Å²) in [5.74, 6) is 0.0115. The number of hydrogen-bond acceptors (Lipinski definition) is 3. The molecule has 45 heavy (non-hydrogen) atoms. The lowest BCUT2D eigenvalue weighted by molar-refractivity contribution is -0.143. The van der Waals surface area contributed by atoms with Crippen LogP contribution in [-0.4, -0.2) is 24.3 Å². The van der Waals surface area contributed by atoms with Gasteiger partial charge in [0, 0.05) is 13.0 Å². The Balaban J connectivity index is 0. The molecule has 0 amide bonds. The molecule has 0 saturated heterocycles. The summed E-state index contributed by atoms with van der Waals surface area (Å²) in [5.41, 5.74) is 0. The summed E-state index contributed by atoms with van der Waals surface area (Å²) in [6, 6.07) is 0. The zero-order valence-electron chi connectivity index (χ0n) is 31.6. The molecule has 0 spiro atoms. The number of carbonyl (C=O) groups is 1. The van der Waals surface area contributed by atoms with Gasteiger partial charge in [-0.3, -0.25) is 4.79 Å². The second-order valence-corrected chi connectivity index (χ2v) is 14.0. The molecule has 272 valence electrons. The standard InChI is InChI=1S/C26H52O2.C16H34O/c1-3-5-7-9-10-11-12-13-14-15-16-17-18-19-21-23-25-28-26(27)24-22-20-8-6-4-2;1-2-3-4-5-6-7-8-9-10-11-12-13-14-15-16-17/h3-25H2,1-2H3;17H,2-16H2,1H3. The fourth-order valence-corrected chi connectivity index (χ4v) is 6.09. The maximum atomic E-state index is 11.6. The van der Waals surface area contributed by atoms with E-state index in [2.05, 4.69) is 20.8 Å². The first-order valence-corrected chi connectivity index (χ1v) is 21.0. The molecule has 0 aromatic heterocycles. The van der Waals surface area contributed by atoms with Gasteiger partial charge in [0.1, 0.15) is 0 Å². The van der Waals surface area contributed by atoms with Crippen molar-refractivity contribution < 1.29 is 14.6 Å². The highest BCUT2D eigenvalue weighted by Gasteiger charge is 2.02. The summed E-state index contributed by atoms with van der Waals surface area (Å²) < 4.78 is 5.33. The van der Waals surface area contributed by atoms with E-state index in [4.69, 9.17) is 9.84 Å². The Hall–Kier alpha value is -0.570. The minimum atomic E-state index is 0.0115. The van der Waals surface area contributed by atoms with Crippen LogP contribution >= 0.6 is 0 Å². The number of hydrogen-bond donors (Lipinski definition) is 1. The van der Waals surface area contributed by atoms with Crippen molar-refractivity contribution in [2.75, 3.05) is 13.2 Å². The highest BCUT2D eigenvalue weighted by atomic mass is 16.5. The third kappa shape index (κ3) is 47.9. The molecule has 0 aromatic carbocycles. The van der Waals surface area contributed by atoms with Crippen LogP contribution in [-0.2, 0) is 9.53 Å². The van der Waals surface area contributed by atoms with Crippen LogP contribution in [0.5, 0.6) is 0 Å². The van der Waals surface area contributed by atoms with Crippen molar-refractivity contribution >= 4 is 5.97 Å². The highest BCUT2D eigenvalue weighted by Crippen LogP contribution is 2.15. The van der Waals surface area contributed by atoms with E-state index in [0.717, 1.165) is 19.3 Å². The molecule has 0 fully saturated rings. The van der Waals surface area contributed by atoms with Crippen molar-refractivity contribution in [1.29, 1.82) is 0 Å². The Morgan fingerprint density at radius 1 is 0.356 bits per heavy atom. The number of unbranched alkanes of at least 4 members (excludes halogenated alkanes) is 32. The number of ether oxygens (including phenoxy) is 1. The van der Waals surface area contributed by atoms with E-state index in [0.29, 0.717) is 19.6 Å². The molecule has 0 saturated carbocycles. The molecule has 0 aliphatic rings. The highest BCUT2D eigenvalue weighted by molar-refractivity contribution is 5.69. The first kappa shape index (κ1) is 46.5. The van der Waals surface area contributed by atoms with E-state index in [1.54, 1.807) is 0 Å².